The third-order valence-electron chi connectivity index (χ3n) is 1.96. The van der Waals surface area contributed by atoms with Crippen molar-refractivity contribution in [2.45, 2.75) is 24.6 Å². The van der Waals surface area contributed by atoms with E-state index in [1.54, 1.807) is 0 Å². The van der Waals surface area contributed by atoms with Crippen LogP contribution in [0.15, 0.2) is 0 Å². The van der Waals surface area contributed by atoms with E-state index in [2.05, 4.69) is 0 Å². The number of carbonyl (C=O) groups excluding carboxylic acids is 1. The Morgan fingerprint density at radius 1 is 1.33 bits per heavy atom. The van der Waals surface area contributed by atoms with Crippen LogP contribution in [-0.2, 0) is 4.79 Å². The van der Waals surface area contributed by atoms with Crippen LogP contribution in [-0.4, -0.2) is 35.4 Å². The maximum atomic E-state index is 11.7. The number of carboxylic acids is 1. The number of amides is 2. The number of hydrogen-bond donors (Lipinski definition) is 3. The Kier molecular flexibility index (Phi) is 2.78. The fraction of sp³-hybridized carbons (Fsp3) is 0.714. The summed E-state index contributed by atoms with van der Waals surface area (Å²) in [7, 11) is 0. The number of carbonyl (C=O) groups is 2. The van der Waals surface area contributed by atoms with Crippen molar-refractivity contribution in [3.05, 3.63) is 0 Å². The van der Waals surface area contributed by atoms with Crippen LogP contribution in [0.1, 0.15) is 12.8 Å². The van der Waals surface area contributed by atoms with Gasteiger partial charge in [0.2, 0.25) is 0 Å². The van der Waals surface area contributed by atoms with Crippen LogP contribution in [0.4, 0.5) is 18.0 Å². The van der Waals surface area contributed by atoms with Gasteiger partial charge in [0.25, 0.3) is 0 Å². The fourth-order valence-electron chi connectivity index (χ4n) is 0.959. The number of rotatable bonds is 3. The Morgan fingerprint density at radius 3 is 2.20 bits per heavy atom. The van der Waals surface area contributed by atoms with Crippen molar-refractivity contribution in [3.63, 3.8) is 0 Å². The van der Waals surface area contributed by atoms with Gasteiger partial charge in [0.1, 0.15) is 12.1 Å². The predicted octanol–water partition coefficient (Wildman–Crippen LogP) is 0.465. The average Bonchev–Trinajstić information content (AvgIpc) is 2.81. The first-order valence-electron chi connectivity index (χ1n) is 4.11. The Labute approximate surface area is 82.6 Å². The van der Waals surface area contributed by atoms with Gasteiger partial charge < -0.3 is 15.7 Å². The van der Waals surface area contributed by atoms with Crippen LogP contribution in [0.5, 0.6) is 0 Å². The zero-order valence-corrected chi connectivity index (χ0v) is 7.52. The van der Waals surface area contributed by atoms with Crippen LogP contribution in [0.25, 0.3) is 0 Å². The summed E-state index contributed by atoms with van der Waals surface area (Å²) in [6.45, 7) is -1.48. The molecule has 86 valence electrons. The fourth-order valence-corrected chi connectivity index (χ4v) is 0.959. The van der Waals surface area contributed by atoms with Crippen LogP contribution >= 0.6 is 0 Å². The van der Waals surface area contributed by atoms with Gasteiger partial charge in [0.05, 0.1) is 0 Å². The van der Waals surface area contributed by atoms with Gasteiger partial charge in [0.15, 0.2) is 0 Å². The molecule has 5 nitrogen and oxygen atoms in total. The Hall–Kier alpha value is -1.47. The molecule has 8 heteroatoms. The standard InChI is InChI=1S/C7H9F3N2O3/c8-7(9,10)3-11-5(15)12-6(1-2-6)4(13)14/h1-3H2,(H,13,14)(H2,11,12,15). The number of nitrogens with one attached hydrogen (secondary N) is 2. The molecule has 0 aliphatic heterocycles. The van der Waals surface area contributed by atoms with Crippen molar-refractivity contribution in [3.8, 4) is 0 Å². The number of carboxylic acid groups (broad SMARTS) is 1. The molecule has 1 saturated carbocycles. The lowest BCUT2D eigenvalue weighted by molar-refractivity contribution is -0.140. The molecule has 3 N–H and O–H groups in total. The van der Waals surface area contributed by atoms with Gasteiger partial charge in [0, 0.05) is 0 Å². The van der Waals surface area contributed by atoms with Crippen LogP contribution in [0, 0.1) is 0 Å². The summed E-state index contributed by atoms with van der Waals surface area (Å²) in [5.41, 5.74) is -1.37. The molecule has 1 aliphatic rings. The molecule has 1 fully saturated rings. The van der Waals surface area contributed by atoms with E-state index in [1.807, 2.05) is 5.32 Å². The molecule has 0 unspecified atom stereocenters. The molecule has 0 aromatic heterocycles. The summed E-state index contributed by atoms with van der Waals surface area (Å²) in [6, 6.07) is -1.12. The van der Waals surface area contributed by atoms with Gasteiger partial charge in [-0.05, 0) is 12.8 Å². The normalized spacial score (nSPS) is 18.1. The predicted molar refractivity (Wildman–Crippen MR) is 42.2 cm³/mol. The zero-order valence-electron chi connectivity index (χ0n) is 7.52. The van der Waals surface area contributed by atoms with Crippen molar-refractivity contribution >= 4 is 12.0 Å². The first kappa shape index (κ1) is 11.6. The molecule has 1 aliphatic carbocycles. The van der Waals surface area contributed by atoms with Crippen molar-refractivity contribution in [1.29, 1.82) is 0 Å². The first-order chi connectivity index (χ1) is 6.75. The Bertz CT molecular complexity index is 286. The minimum atomic E-state index is -4.50. The third kappa shape index (κ3) is 3.30. The molecular formula is C7H9F3N2O3. The molecule has 0 aromatic rings. The maximum absolute atomic E-state index is 11.7. The summed E-state index contributed by atoms with van der Waals surface area (Å²) in [4.78, 5) is 21.4. The van der Waals surface area contributed by atoms with Gasteiger partial charge in [-0.2, -0.15) is 13.2 Å². The highest BCUT2D eigenvalue weighted by atomic mass is 19.4. The van der Waals surface area contributed by atoms with Crippen LogP contribution < -0.4 is 10.6 Å². The molecule has 0 aromatic carbocycles. The van der Waals surface area contributed by atoms with Crippen molar-refractivity contribution in [2.24, 2.45) is 0 Å². The van der Waals surface area contributed by atoms with Crippen LogP contribution in [0.2, 0.25) is 0 Å². The number of halogens is 3. The minimum absolute atomic E-state index is 0.238. The second kappa shape index (κ2) is 3.59. The molecule has 2 amide bonds. The van der Waals surface area contributed by atoms with Gasteiger partial charge in [-0.3, -0.25) is 0 Å². The largest absolute Gasteiger partial charge is 0.480 e. The van der Waals surface area contributed by atoms with E-state index in [4.69, 9.17) is 5.11 Å². The second-order valence-corrected chi connectivity index (χ2v) is 3.31. The molecular weight excluding hydrogens is 217 g/mol. The summed E-state index contributed by atoms with van der Waals surface area (Å²) in [5.74, 6) is -1.23. The summed E-state index contributed by atoms with van der Waals surface area (Å²) >= 11 is 0. The topological polar surface area (TPSA) is 78.4 Å². The molecule has 1 rings (SSSR count). The number of urea groups is 1. The monoisotopic (exact) mass is 226 g/mol. The zero-order chi connectivity index (χ0) is 11.7. The van der Waals surface area contributed by atoms with Gasteiger partial charge >= 0.3 is 18.2 Å². The van der Waals surface area contributed by atoms with Crippen LogP contribution in [0.3, 0.4) is 0 Å². The summed E-state index contributed by atoms with van der Waals surface area (Å²) in [5, 5.41) is 12.1. The first-order valence-corrected chi connectivity index (χ1v) is 4.11. The van der Waals surface area contributed by atoms with Crippen molar-refractivity contribution in [1.82, 2.24) is 10.6 Å². The highest BCUT2D eigenvalue weighted by Crippen LogP contribution is 2.35. The molecule has 0 atom stereocenters. The van der Waals surface area contributed by atoms with Crippen molar-refractivity contribution in [2.75, 3.05) is 6.54 Å². The van der Waals surface area contributed by atoms with E-state index >= 15 is 0 Å². The van der Waals surface area contributed by atoms with E-state index < -0.39 is 30.3 Å². The molecule has 0 saturated heterocycles. The molecule has 0 bridgehead atoms. The quantitative estimate of drug-likeness (QED) is 0.654. The van der Waals surface area contributed by atoms with E-state index in [0.29, 0.717) is 0 Å². The second-order valence-electron chi connectivity index (χ2n) is 3.31. The maximum Gasteiger partial charge on any atom is 0.405 e. The SMILES string of the molecule is O=C(NCC(F)(F)F)NC1(C(=O)O)CC1. The summed E-state index contributed by atoms with van der Waals surface area (Å²) in [6.07, 6.45) is -4.03. The highest BCUT2D eigenvalue weighted by molar-refractivity contribution is 5.88. The average molecular weight is 226 g/mol. The Balaban J connectivity index is 2.34. The van der Waals surface area contributed by atoms with Gasteiger partial charge in [-0.25, -0.2) is 9.59 Å². The molecule has 0 heterocycles. The lowest BCUT2D eigenvalue weighted by Crippen LogP contribution is -2.49. The highest BCUT2D eigenvalue weighted by Gasteiger charge is 2.51. The molecule has 15 heavy (non-hydrogen) atoms. The van der Waals surface area contributed by atoms with Gasteiger partial charge in [-0.1, -0.05) is 0 Å². The van der Waals surface area contributed by atoms with E-state index in [0.717, 1.165) is 0 Å². The van der Waals surface area contributed by atoms with E-state index in [-0.39, 0.29) is 12.8 Å². The lowest BCUT2D eigenvalue weighted by Gasteiger charge is -2.14. The summed E-state index contributed by atoms with van der Waals surface area (Å²) < 4.78 is 35.0. The lowest BCUT2D eigenvalue weighted by atomic mass is 10.3. The van der Waals surface area contributed by atoms with Crippen molar-refractivity contribution < 1.29 is 27.9 Å². The smallest absolute Gasteiger partial charge is 0.405 e. The molecule has 0 radical (unpaired) electrons. The van der Waals surface area contributed by atoms with Gasteiger partial charge in [-0.15, -0.1) is 0 Å². The van der Waals surface area contributed by atoms with E-state index in [9.17, 15) is 22.8 Å². The Morgan fingerprint density at radius 2 is 1.87 bits per heavy atom. The number of hydrogen-bond acceptors (Lipinski definition) is 2. The third-order valence-corrected chi connectivity index (χ3v) is 1.96. The van der Waals surface area contributed by atoms with E-state index in [1.165, 1.54) is 5.32 Å². The number of alkyl halides is 3. The molecule has 0 spiro atoms. The number of aliphatic carboxylic acids is 1. The minimum Gasteiger partial charge on any atom is -0.480 e.